The molecule has 4 nitrogen and oxygen atoms in total. The topological polar surface area (TPSA) is 45.7 Å². The summed E-state index contributed by atoms with van der Waals surface area (Å²) in [6.07, 6.45) is 7.01. The maximum Gasteiger partial charge on any atom is 0.254 e. The van der Waals surface area contributed by atoms with E-state index in [-0.39, 0.29) is 18.1 Å². The SMILES string of the molecule is C[C@@H]1O[C@H]1C(=O)N1CCC(Cc2nc3c(s2)CCC3)CC1. The van der Waals surface area contributed by atoms with Crippen LogP contribution in [0.25, 0.3) is 0 Å². The molecule has 0 unspecified atom stereocenters. The highest BCUT2D eigenvalue weighted by atomic mass is 32.1. The molecule has 114 valence electrons. The highest BCUT2D eigenvalue weighted by Gasteiger charge is 2.44. The molecule has 0 radical (unpaired) electrons. The van der Waals surface area contributed by atoms with Crippen molar-refractivity contribution in [1.82, 2.24) is 9.88 Å². The second-order valence-corrected chi connectivity index (χ2v) is 7.73. The van der Waals surface area contributed by atoms with Crippen molar-refractivity contribution in [2.75, 3.05) is 13.1 Å². The fraction of sp³-hybridized carbons (Fsp3) is 0.750. The van der Waals surface area contributed by atoms with Crippen molar-refractivity contribution in [1.29, 1.82) is 0 Å². The van der Waals surface area contributed by atoms with Crippen molar-refractivity contribution in [2.45, 2.75) is 57.7 Å². The molecular formula is C16H22N2O2S. The van der Waals surface area contributed by atoms with Crippen molar-refractivity contribution in [3.05, 3.63) is 15.6 Å². The van der Waals surface area contributed by atoms with Gasteiger partial charge in [0.1, 0.15) is 0 Å². The van der Waals surface area contributed by atoms with Gasteiger partial charge in [0, 0.05) is 24.4 Å². The molecular weight excluding hydrogens is 284 g/mol. The third kappa shape index (κ3) is 2.73. The average Bonchev–Trinajstić information content (AvgIpc) is 2.87. The van der Waals surface area contributed by atoms with Crippen LogP contribution in [-0.2, 0) is 28.8 Å². The monoisotopic (exact) mass is 306 g/mol. The number of ether oxygens (including phenoxy) is 1. The van der Waals surface area contributed by atoms with Crippen LogP contribution in [0.5, 0.6) is 0 Å². The smallest absolute Gasteiger partial charge is 0.254 e. The molecule has 1 aromatic rings. The fourth-order valence-corrected chi connectivity index (χ4v) is 4.83. The number of rotatable bonds is 3. The lowest BCUT2D eigenvalue weighted by Gasteiger charge is -2.31. The van der Waals surface area contributed by atoms with Gasteiger partial charge >= 0.3 is 0 Å². The Hall–Kier alpha value is -0.940. The Balaban J connectivity index is 1.29. The molecule has 0 spiro atoms. The summed E-state index contributed by atoms with van der Waals surface area (Å²) in [7, 11) is 0. The largest absolute Gasteiger partial charge is 0.359 e. The van der Waals surface area contributed by atoms with E-state index >= 15 is 0 Å². The van der Waals surface area contributed by atoms with Crippen LogP contribution in [0.3, 0.4) is 0 Å². The van der Waals surface area contributed by atoms with Crippen molar-refractivity contribution in [3.8, 4) is 0 Å². The van der Waals surface area contributed by atoms with E-state index < -0.39 is 0 Å². The van der Waals surface area contributed by atoms with Crippen LogP contribution in [0.2, 0.25) is 0 Å². The van der Waals surface area contributed by atoms with Gasteiger partial charge in [-0.2, -0.15) is 0 Å². The Labute approximate surface area is 129 Å². The van der Waals surface area contributed by atoms with Crippen LogP contribution in [0.15, 0.2) is 0 Å². The molecule has 2 aliphatic heterocycles. The number of epoxide rings is 1. The highest BCUT2D eigenvalue weighted by molar-refractivity contribution is 7.11. The summed E-state index contributed by atoms with van der Waals surface area (Å²) in [4.78, 5) is 20.4. The van der Waals surface area contributed by atoms with Gasteiger partial charge in [0.2, 0.25) is 0 Å². The Bertz CT molecular complexity index is 527. The Morgan fingerprint density at radius 3 is 2.81 bits per heavy atom. The van der Waals surface area contributed by atoms with E-state index in [0.717, 1.165) is 32.4 Å². The number of amides is 1. The summed E-state index contributed by atoms with van der Waals surface area (Å²) < 4.78 is 5.29. The normalized spacial score (nSPS) is 28.7. The minimum absolute atomic E-state index is 0.132. The minimum atomic E-state index is -0.150. The van der Waals surface area contributed by atoms with Crippen LogP contribution < -0.4 is 0 Å². The number of hydrogen-bond acceptors (Lipinski definition) is 4. The first-order valence-corrected chi connectivity index (χ1v) is 8.94. The molecule has 1 aromatic heterocycles. The quantitative estimate of drug-likeness (QED) is 0.804. The summed E-state index contributed by atoms with van der Waals surface area (Å²) in [6, 6.07) is 0. The molecule has 4 rings (SSSR count). The lowest BCUT2D eigenvalue weighted by atomic mass is 9.93. The number of carbonyl (C=O) groups excluding carboxylic acids is 1. The first-order valence-electron chi connectivity index (χ1n) is 8.12. The number of fused-ring (bicyclic) bond motifs is 1. The van der Waals surface area contributed by atoms with Gasteiger partial charge in [-0.3, -0.25) is 4.79 Å². The predicted molar refractivity (Wildman–Crippen MR) is 81.5 cm³/mol. The molecule has 2 saturated heterocycles. The van der Waals surface area contributed by atoms with Gasteiger partial charge in [-0.25, -0.2) is 4.98 Å². The number of thiazole rings is 1. The summed E-state index contributed by atoms with van der Waals surface area (Å²) >= 11 is 1.93. The van der Waals surface area contributed by atoms with Crippen molar-refractivity contribution in [2.24, 2.45) is 5.92 Å². The third-order valence-electron chi connectivity index (χ3n) is 4.98. The maximum absolute atomic E-state index is 12.1. The first-order chi connectivity index (χ1) is 10.2. The van der Waals surface area contributed by atoms with E-state index in [4.69, 9.17) is 9.72 Å². The molecule has 0 N–H and O–H groups in total. The van der Waals surface area contributed by atoms with Gasteiger partial charge in [-0.15, -0.1) is 11.3 Å². The number of aryl methyl sites for hydroxylation is 2. The zero-order valence-corrected chi connectivity index (χ0v) is 13.3. The van der Waals surface area contributed by atoms with Crippen molar-refractivity contribution in [3.63, 3.8) is 0 Å². The second kappa shape index (κ2) is 5.36. The second-order valence-electron chi connectivity index (χ2n) is 6.57. The van der Waals surface area contributed by atoms with Gasteiger partial charge in [0.25, 0.3) is 5.91 Å². The number of hydrogen-bond donors (Lipinski definition) is 0. The molecule has 1 amide bonds. The number of piperidine rings is 1. The lowest BCUT2D eigenvalue weighted by Crippen LogP contribution is -2.41. The fourth-order valence-electron chi connectivity index (χ4n) is 3.56. The summed E-state index contributed by atoms with van der Waals surface area (Å²) in [5, 5.41) is 1.32. The number of carbonyl (C=O) groups is 1. The van der Waals surface area contributed by atoms with E-state index in [1.807, 2.05) is 23.2 Å². The molecule has 3 heterocycles. The molecule has 1 aliphatic carbocycles. The van der Waals surface area contributed by atoms with Gasteiger partial charge in [0.15, 0.2) is 6.10 Å². The zero-order valence-electron chi connectivity index (χ0n) is 12.5. The number of likely N-dealkylation sites (tertiary alicyclic amines) is 1. The van der Waals surface area contributed by atoms with E-state index in [1.54, 1.807) is 0 Å². The van der Waals surface area contributed by atoms with Crippen LogP contribution in [0.4, 0.5) is 0 Å². The molecule has 5 heteroatoms. The summed E-state index contributed by atoms with van der Waals surface area (Å²) in [5.41, 5.74) is 1.36. The summed E-state index contributed by atoms with van der Waals surface area (Å²) in [6.45, 7) is 3.75. The first kappa shape index (κ1) is 13.7. The van der Waals surface area contributed by atoms with E-state index in [2.05, 4.69) is 0 Å². The minimum Gasteiger partial charge on any atom is -0.359 e. The van der Waals surface area contributed by atoms with Gasteiger partial charge in [-0.05, 0) is 44.9 Å². The highest BCUT2D eigenvalue weighted by Crippen LogP contribution is 2.31. The predicted octanol–water partition coefficient (Wildman–Crippen LogP) is 2.20. The molecule has 0 bridgehead atoms. The average molecular weight is 306 g/mol. The standard InChI is InChI=1S/C16H22N2O2S/c1-10-15(20-10)16(19)18-7-5-11(6-8-18)9-14-17-12-3-2-4-13(12)21-14/h10-11,15H,2-9H2,1H3/t10-,15+/m0/s1. The van der Waals surface area contributed by atoms with Crippen molar-refractivity contribution < 1.29 is 9.53 Å². The molecule has 3 aliphatic rings. The van der Waals surface area contributed by atoms with E-state index in [9.17, 15) is 4.79 Å². The molecule has 2 fully saturated rings. The maximum atomic E-state index is 12.1. The van der Waals surface area contributed by atoms with Crippen molar-refractivity contribution >= 4 is 17.2 Å². The Morgan fingerprint density at radius 1 is 1.38 bits per heavy atom. The third-order valence-corrected chi connectivity index (χ3v) is 6.16. The Morgan fingerprint density at radius 2 is 2.14 bits per heavy atom. The van der Waals surface area contributed by atoms with Crippen LogP contribution >= 0.6 is 11.3 Å². The van der Waals surface area contributed by atoms with Crippen LogP contribution in [0, 0.1) is 5.92 Å². The van der Waals surface area contributed by atoms with E-state index in [0.29, 0.717) is 5.92 Å². The lowest BCUT2D eigenvalue weighted by molar-refractivity contribution is -0.133. The number of nitrogens with zero attached hydrogens (tertiary/aromatic N) is 2. The van der Waals surface area contributed by atoms with Crippen LogP contribution in [0.1, 0.15) is 41.8 Å². The molecule has 2 atom stereocenters. The van der Waals surface area contributed by atoms with Gasteiger partial charge < -0.3 is 9.64 Å². The molecule has 0 saturated carbocycles. The van der Waals surface area contributed by atoms with Gasteiger partial charge in [0.05, 0.1) is 16.8 Å². The van der Waals surface area contributed by atoms with Crippen LogP contribution in [-0.4, -0.2) is 41.1 Å². The number of aromatic nitrogens is 1. The van der Waals surface area contributed by atoms with E-state index in [1.165, 1.54) is 34.8 Å². The Kier molecular flexibility index (Phi) is 3.50. The summed E-state index contributed by atoms with van der Waals surface area (Å²) in [5.74, 6) is 0.895. The molecule has 0 aromatic carbocycles. The molecule has 21 heavy (non-hydrogen) atoms. The van der Waals surface area contributed by atoms with Gasteiger partial charge in [-0.1, -0.05) is 0 Å². The zero-order chi connectivity index (χ0) is 14.4.